The topological polar surface area (TPSA) is 193 Å². The monoisotopic (exact) mass is 872 g/mol. The minimum Gasteiger partial charge on any atom is -0.460 e. The summed E-state index contributed by atoms with van der Waals surface area (Å²) in [5, 5.41) is 57.1. The minimum absolute atomic E-state index is 0.0852. The molecule has 5 aliphatic rings. The van der Waals surface area contributed by atoms with Crippen molar-refractivity contribution in [1.29, 1.82) is 0 Å². The highest BCUT2D eigenvalue weighted by Crippen LogP contribution is 2.44. The molecule has 0 aromatic heterocycles. The molecule has 1 amide bonds. The quantitative estimate of drug-likeness (QED) is 0.138. The number of carbonyl (C=O) groups excluding carboxylic acids is 3. The number of esters is 1. The Morgan fingerprint density at radius 3 is 2.29 bits per heavy atom. The van der Waals surface area contributed by atoms with Crippen molar-refractivity contribution in [3.05, 3.63) is 47.6 Å². The molecule has 0 aromatic rings. The Morgan fingerprint density at radius 2 is 1.58 bits per heavy atom. The zero-order valence-corrected chi connectivity index (χ0v) is 38.4. The largest absolute Gasteiger partial charge is 0.460 e. The van der Waals surface area contributed by atoms with Crippen molar-refractivity contribution < 1.29 is 58.9 Å². The molecule has 0 radical (unpaired) electrons. The first-order chi connectivity index (χ1) is 29.4. The van der Waals surface area contributed by atoms with Crippen molar-refractivity contribution in [3.8, 4) is 0 Å². The van der Waals surface area contributed by atoms with Crippen LogP contribution in [-0.4, -0.2) is 130 Å². The van der Waals surface area contributed by atoms with Crippen LogP contribution in [0.15, 0.2) is 47.6 Å². The van der Waals surface area contributed by atoms with Crippen LogP contribution >= 0.6 is 0 Å². The highest BCUT2D eigenvalue weighted by Gasteiger charge is 2.55. The lowest BCUT2D eigenvalue weighted by molar-refractivity contribution is -0.263. The van der Waals surface area contributed by atoms with Crippen LogP contribution in [-0.2, 0) is 33.3 Å². The fourth-order valence-corrected chi connectivity index (χ4v) is 10.8. The zero-order chi connectivity index (χ0) is 45.5. The summed E-state index contributed by atoms with van der Waals surface area (Å²) in [6, 6.07) is -1.06. The van der Waals surface area contributed by atoms with E-state index in [4.69, 9.17) is 18.9 Å². The number of ketones is 1. The van der Waals surface area contributed by atoms with E-state index in [9.17, 15) is 39.9 Å². The van der Waals surface area contributed by atoms with E-state index in [-0.39, 0.29) is 55.1 Å². The number of amides is 1. The highest BCUT2D eigenvalue weighted by molar-refractivity contribution is 6.39. The first kappa shape index (κ1) is 50.3. The number of carbonyl (C=O) groups is 3. The summed E-state index contributed by atoms with van der Waals surface area (Å²) >= 11 is 0. The maximum absolute atomic E-state index is 14.2. The fourth-order valence-electron chi connectivity index (χ4n) is 10.8. The zero-order valence-electron chi connectivity index (χ0n) is 38.4. The van der Waals surface area contributed by atoms with Gasteiger partial charge >= 0.3 is 5.97 Å². The number of allylic oxidation sites excluding steroid dienone is 6. The second-order valence-corrected chi connectivity index (χ2v) is 19.7. The Labute approximate surface area is 369 Å². The van der Waals surface area contributed by atoms with E-state index in [1.807, 2.05) is 45.1 Å². The number of Topliss-reactive ketones (excluding diaryl/α,β-unsaturated/α-hetero) is 1. The van der Waals surface area contributed by atoms with Crippen LogP contribution in [0.25, 0.3) is 0 Å². The van der Waals surface area contributed by atoms with Gasteiger partial charge in [-0.3, -0.25) is 9.59 Å². The third kappa shape index (κ3) is 12.1. The van der Waals surface area contributed by atoms with Crippen molar-refractivity contribution >= 4 is 17.7 Å². The number of methoxy groups -OCH3 is 2. The molecular weight excluding hydrogens is 795 g/mol. The lowest BCUT2D eigenvalue weighted by Crippen LogP contribution is -2.61. The number of aliphatic hydroxyl groups is 5. The summed E-state index contributed by atoms with van der Waals surface area (Å²) in [5.41, 5.74) is 1.61. The van der Waals surface area contributed by atoms with Gasteiger partial charge < -0.3 is 49.4 Å². The molecule has 17 atom stereocenters. The van der Waals surface area contributed by atoms with Gasteiger partial charge in [-0.2, -0.15) is 0 Å². The van der Waals surface area contributed by atoms with Gasteiger partial charge in [0.05, 0.1) is 30.5 Å². The van der Waals surface area contributed by atoms with Crippen LogP contribution in [0, 0.1) is 41.4 Å². The minimum atomic E-state index is -2.34. The summed E-state index contributed by atoms with van der Waals surface area (Å²) in [4.78, 5) is 43.8. The van der Waals surface area contributed by atoms with Gasteiger partial charge in [0.1, 0.15) is 24.4 Å². The molecule has 5 bridgehead atoms. The molecule has 5 N–H and O–H groups in total. The van der Waals surface area contributed by atoms with Gasteiger partial charge in [-0.25, -0.2) is 4.79 Å². The molecule has 62 heavy (non-hydrogen) atoms. The molecule has 0 aromatic carbocycles. The van der Waals surface area contributed by atoms with Crippen molar-refractivity contribution in [1.82, 2.24) is 4.90 Å². The highest BCUT2D eigenvalue weighted by atomic mass is 16.6. The van der Waals surface area contributed by atoms with Gasteiger partial charge in [-0.1, -0.05) is 69.7 Å². The van der Waals surface area contributed by atoms with Crippen LogP contribution < -0.4 is 0 Å². The Hall–Kier alpha value is -2.75. The third-order valence-corrected chi connectivity index (χ3v) is 15.0. The Morgan fingerprint density at radius 1 is 0.839 bits per heavy atom. The SMILES string of the molecule is CO[C@H]1[C@@H](O)[C@H](C)C[C@H](C)/C=C/C=C/C=C(\C)CC[C@@H]2CC[C@@H](C)[C@@](O)(O2)C(=O)C(=O)N2CCC3C[C@H]2C(=O)O[C@@H](C[C@H](O)[C@H](C)/C=C(\C)[C@H]1O)[C@H]3C[C@@H]1CC[C@@H](O)[C@H](OC)C1. The van der Waals surface area contributed by atoms with Gasteiger partial charge in [0, 0.05) is 39.0 Å². The summed E-state index contributed by atoms with van der Waals surface area (Å²) in [7, 11) is 3.06. The molecule has 4 heterocycles. The van der Waals surface area contributed by atoms with E-state index in [1.165, 1.54) is 12.0 Å². The van der Waals surface area contributed by atoms with Gasteiger partial charge in [0.25, 0.3) is 11.7 Å². The van der Waals surface area contributed by atoms with Crippen molar-refractivity contribution in [3.63, 3.8) is 0 Å². The Bertz CT molecular complexity index is 1640. The molecule has 13 nitrogen and oxygen atoms in total. The standard InChI is InChI=1S/C49H77NO12/c1-28-12-10-9-11-13-29(2)22-31(4)43(53)45(60-8)44(54)32(5)23-30(3)40(52)27-41-37(24-34-16-19-39(51)42(25-34)59-7)35-20-21-50(38(26-35)48(57)61-41)47(56)46(55)49(58)33(6)15-18-36(62-49)17-14-28/h9-13,23,29-31,33-45,51-54,58H,14-22,24-27H2,1-8H3/b10-9+,13-11+,28-12+,32-23+/t29-,30-,31-,33-,34+,35?,36-,37+,38+,39-,40+,41+,42-,43+,44-,45+,49-/m1/s1. The summed E-state index contributed by atoms with van der Waals surface area (Å²) < 4.78 is 23.8. The maximum atomic E-state index is 14.2. The van der Waals surface area contributed by atoms with E-state index in [1.54, 1.807) is 27.0 Å². The normalized spacial score (nSPS) is 45.3. The molecule has 1 unspecified atom stereocenters. The van der Waals surface area contributed by atoms with E-state index < -0.39 is 84.1 Å². The predicted molar refractivity (Wildman–Crippen MR) is 234 cm³/mol. The molecule has 1 saturated carbocycles. The average Bonchev–Trinajstić information content (AvgIpc) is 3.33. The number of hydrogen-bond acceptors (Lipinski definition) is 12. The Kier molecular flexibility index (Phi) is 18.2. The molecule has 4 aliphatic heterocycles. The second-order valence-electron chi connectivity index (χ2n) is 19.7. The summed E-state index contributed by atoms with van der Waals surface area (Å²) in [6.45, 7) is 11.4. The number of rotatable bonds is 4. The first-order valence-electron chi connectivity index (χ1n) is 23.3. The van der Waals surface area contributed by atoms with Crippen LogP contribution in [0.5, 0.6) is 0 Å². The maximum Gasteiger partial charge on any atom is 0.329 e. The van der Waals surface area contributed by atoms with Crippen LogP contribution in [0.1, 0.15) is 119 Å². The third-order valence-electron chi connectivity index (χ3n) is 15.0. The van der Waals surface area contributed by atoms with Crippen molar-refractivity contribution in [2.24, 2.45) is 41.4 Å². The second kappa shape index (κ2) is 22.4. The van der Waals surface area contributed by atoms with Gasteiger partial charge in [0.2, 0.25) is 5.79 Å². The molecule has 5 rings (SSSR count). The Balaban J connectivity index is 1.46. The molecule has 3 saturated heterocycles. The molecule has 350 valence electrons. The molecular formula is C49H77NO12. The first-order valence-corrected chi connectivity index (χ1v) is 23.3. The number of ether oxygens (including phenoxy) is 4. The van der Waals surface area contributed by atoms with Crippen molar-refractivity contribution in [2.45, 2.75) is 179 Å². The summed E-state index contributed by atoms with van der Waals surface area (Å²) in [6.07, 6.45) is 12.1. The van der Waals surface area contributed by atoms with Crippen LogP contribution in [0.4, 0.5) is 0 Å². The van der Waals surface area contributed by atoms with Gasteiger partial charge in [-0.15, -0.1) is 0 Å². The number of nitrogens with zero attached hydrogens (tertiary/aromatic N) is 1. The molecule has 1 aliphatic carbocycles. The predicted octanol–water partition coefficient (Wildman–Crippen LogP) is 5.36. The van der Waals surface area contributed by atoms with Crippen LogP contribution in [0.3, 0.4) is 0 Å². The van der Waals surface area contributed by atoms with Gasteiger partial charge in [0.15, 0.2) is 0 Å². The van der Waals surface area contributed by atoms with E-state index in [0.717, 1.165) is 12.0 Å². The van der Waals surface area contributed by atoms with E-state index in [2.05, 4.69) is 13.0 Å². The summed E-state index contributed by atoms with van der Waals surface area (Å²) in [5.74, 6) is -6.36. The lowest BCUT2D eigenvalue weighted by atomic mass is 9.70. The fraction of sp³-hybridized carbons (Fsp3) is 0.776. The average molecular weight is 872 g/mol. The van der Waals surface area contributed by atoms with Crippen molar-refractivity contribution in [2.75, 3.05) is 20.8 Å². The number of hydrogen-bond donors (Lipinski definition) is 5. The molecule has 0 spiro atoms. The number of fused-ring (bicyclic) bond motifs is 5. The van der Waals surface area contributed by atoms with Gasteiger partial charge in [-0.05, 0) is 120 Å². The molecule has 4 fully saturated rings. The van der Waals surface area contributed by atoms with E-state index in [0.29, 0.717) is 63.4 Å². The van der Waals surface area contributed by atoms with Crippen LogP contribution in [0.2, 0.25) is 0 Å². The van der Waals surface area contributed by atoms with E-state index >= 15 is 0 Å². The number of aliphatic hydroxyl groups excluding tert-OH is 4. The smallest absolute Gasteiger partial charge is 0.329 e. The molecule has 13 heteroatoms. The lowest BCUT2D eigenvalue weighted by Gasteiger charge is -2.43. The number of piperidine rings is 1.